The van der Waals surface area contributed by atoms with Gasteiger partial charge < -0.3 is 4.74 Å². The van der Waals surface area contributed by atoms with E-state index in [9.17, 15) is 0 Å². The van der Waals surface area contributed by atoms with Crippen LogP contribution in [0.25, 0.3) is 0 Å². The zero-order valence-electron chi connectivity index (χ0n) is 23.7. The molecule has 5 heteroatoms. The summed E-state index contributed by atoms with van der Waals surface area (Å²) in [4.78, 5) is 19.3. The van der Waals surface area contributed by atoms with Gasteiger partial charge in [0.25, 0.3) is 0 Å². The Kier molecular flexibility index (Phi) is 20.6. The third-order valence-corrected chi connectivity index (χ3v) is 4.99. The number of rotatable bonds is 11. The van der Waals surface area contributed by atoms with Crippen LogP contribution >= 0.6 is 0 Å². The predicted molar refractivity (Wildman–Crippen MR) is 154 cm³/mol. The monoisotopic (exact) mass is 474 g/mol. The van der Waals surface area contributed by atoms with Gasteiger partial charge in [0.05, 0.1) is 25.7 Å². The molecule has 2 atom stereocenters. The molecule has 0 amide bonds. The highest BCUT2D eigenvalue weighted by Gasteiger charge is 2.21. The molecule has 0 aromatic carbocycles. The van der Waals surface area contributed by atoms with Crippen molar-refractivity contribution in [1.29, 1.82) is 0 Å². The van der Waals surface area contributed by atoms with E-state index in [1.807, 2.05) is 6.92 Å². The first-order chi connectivity index (χ1) is 16.5. The second-order valence-electron chi connectivity index (χ2n) is 8.92. The number of hydrogen-bond acceptors (Lipinski definition) is 5. The lowest BCUT2D eigenvalue weighted by molar-refractivity contribution is 0.309. The largest absolute Gasteiger partial charge is 0.480 e. The quantitative estimate of drug-likeness (QED) is 0.279. The molecule has 0 bridgehead atoms. The summed E-state index contributed by atoms with van der Waals surface area (Å²) >= 11 is 0. The zero-order valence-corrected chi connectivity index (χ0v) is 23.7. The van der Waals surface area contributed by atoms with Crippen LogP contribution in [-0.2, 0) is 4.74 Å². The van der Waals surface area contributed by atoms with Gasteiger partial charge in [-0.15, -0.1) is 0 Å². The molecule has 0 saturated heterocycles. The van der Waals surface area contributed by atoms with E-state index in [0.29, 0.717) is 13.2 Å². The van der Waals surface area contributed by atoms with Crippen molar-refractivity contribution in [3.63, 3.8) is 0 Å². The van der Waals surface area contributed by atoms with Crippen LogP contribution < -0.4 is 0 Å². The van der Waals surface area contributed by atoms with Gasteiger partial charge in [-0.3, -0.25) is 15.0 Å². The Morgan fingerprint density at radius 2 is 1.15 bits per heavy atom. The molecule has 0 aromatic rings. The average molecular weight is 475 g/mol. The molecule has 0 spiro atoms. The van der Waals surface area contributed by atoms with Crippen molar-refractivity contribution in [2.45, 2.75) is 132 Å². The van der Waals surface area contributed by atoms with E-state index in [1.165, 1.54) is 30.0 Å². The third kappa shape index (κ3) is 13.8. The van der Waals surface area contributed by atoms with Gasteiger partial charge in [-0.25, -0.2) is 4.99 Å². The van der Waals surface area contributed by atoms with Crippen LogP contribution in [0.2, 0.25) is 0 Å². The lowest BCUT2D eigenvalue weighted by Gasteiger charge is -2.21. The van der Waals surface area contributed by atoms with Crippen LogP contribution in [0.15, 0.2) is 32.1 Å². The summed E-state index contributed by atoms with van der Waals surface area (Å²) in [6.45, 7) is 19.2. The van der Waals surface area contributed by atoms with Crippen LogP contribution in [0.1, 0.15) is 120 Å². The van der Waals surface area contributed by atoms with E-state index in [1.54, 1.807) is 0 Å². The first kappa shape index (κ1) is 32.2. The minimum Gasteiger partial charge on any atom is -0.480 e. The zero-order chi connectivity index (χ0) is 25.6. The summed E-state index contributed by atoms with van der Waals surface area (Å²) < 4.78 is 5.73. The summed E-state index contributed by atoms with van der Waals surface area (Å²) in [6.07, 6.45) is 15.3. The lowest BCUT2D eigenvalue weighted by Crippen LogP contribution is -2.29. The van der Waals surface area contributed by atoms with E-state index in [-0.39, 0.29) is 12.1 Å². The maximum Gasteiger partial charge on any atom is 0.209 e. The molecule has 2 aliphatic heterocycles. The Bertz CT molecular complexity index is 605. The van der Waals surface area contributed by atoms with E-state index in [4.69, 9.17) is 19.7 Å². The fraction of sp³-hybridized carbons (Fsp3) is 0.793. The molecule has 34 heavy (non-hydrogen) atoms. The highest BCUT2D eigenvalue weighted by atomic mass is 16.5. The summed E-state index contributed by atoms with van der Waals surface area (Å²) in [6, 6.07) is 0.248. The Labute approximate surface area is 211 Å². The van der Waals surface area contributed by atoms with Crippen LogP contribution in [0.4, 0.5) is 0 Å². The van der Waals surface area contributed by atoms with Gasteiger partial charge in [0.1, 0.15) is 6.04 Å². The normalized spacial score (nSPS) is 19.6. The molecular weight excluding hydrogens is 420 g/mol. The number of nitrogens with zero attached hydrogens (tertiary/aromatic N) is 4. The summed E-state index contributed by atoms with van der Waals surface area (Å²) in [5.41, 5.74) is 3.72. The number of aliphatic imine (C=N–C) groups is 4. The Balaban J connectivity index is 0.00000164. The minimum atomic E-state index is 0.0285. The Morgan fingerprint density at radius 3 is 1.65 bits per heavy atom. The Morgan fingerprint density at radius 1 is 0.676 bits per heavy atom. The first-order valence-electron chi connectivity index (χ1n) is 14.0. The van der Waals surface area contributed by atoms with Gasteiger partial charge >= 0.3 is 0 Å². The van der Waals surface area contributed by atoms with E-state index in [2.05, 4.69) is 65.6 Å². The van der Waals surface area contributed by atoms with Crippen LogP contribution in [0.3, 0.4) is 0 Å². The second kappa shape index (κ2) is 21.7. The molecule has 2 heterocycles. The fourth-order valence-electron chi connectivity index (χ4n) is 3.67. The number of hydrogen-bond donors (Lipinski definition) is 0. The van der Waals surface area contributed by atoms with E-state index >= 15 is 0 Å². The summed E-state index contributed by atoms with van der Waals surface area (Å²) in [5.74, 6) is 0.793. The molecule has 0 radical (unpaired) electrons. The highest BCUT2D eigenvalue weighted by Crippen LogP contribution is 2.16. The van der Waals surface area contributed by atoms with Gasteiger partial charge in [-0.05, 0) is 39.0 Å². The van der Waals surface area contributed by atoms with Gasteiger partial charge in [0, 0.05) is 17.1 Å². The second-order valence-corrected chi connectivity index (χ2v) is 8.92. The summed E-state index contributed by atoms with van der Waals surface area (Å²) in [7, 11) is 0. The third-order valence-electron chi connectivity index (χ3n) is 4.99. The molecule has 5 nitrogen and oxygen atoms in total. The maximum atomic E-state index is 5.73. The molecular formula is C29H54N4O. The van der Waals surface area contributed by atoms with Crippen molar-refractivity contribution in [3.8, 4) is 0 Å². The molecule has 0 fully saturated rings. The van der Waals surface area contributed by atoms with Gasteiger partial charge in [-0.2, -0.15) is 0 Å². The van der Waals surface area contributed by atoms with E-state index < -0.39 is 0 Å². The molecule has 2 aliphatic rings. The first-order valence-corrected chi connectivity index (χ1v) is 14.0. The molecule has 0 unspecified atom stereocenters. The molecule has 0 N–H and O–H groups in total. The van der Waals surface area contributed by atoms with Gasteiger partial charge in [-0.1, -0.05) is 92.7 Å². The predicted octanol–water partition coefficient (Wildman–Crippen LogP) is 8.08. The molecule has 0 aromatic heterocycles. The van der Waals surface area contributed by atoms with Crippen molar-refractivity contribution in [2.75, 3.05) is 19.7 Å². The van der Waals surface area contributed by atoms with Crippen molar-refractivity contribution in [1.82, 2.24) is 0 Å². The SMILES string of the molecule is CCC.CCC.CCCC1=N[C@H](C/C=C/C[C@H]2N=C(CCC)CN=C2OCC)C(CCC)=NC1. The molecule has 0 saturated carbocycles. The minimum absolute atomic E-state index is 0.0285. The standard InChI is InChI=1S/C23H38N4O.2C3H8/c1-5-11-18-16-24-20(13-7-3)21(26-18)14-9-10-15-22-23(28-8-4)25-17-19(27-22)12-6-2;2*1-3-2/h9-10,21-22H,5-8,11-17H2,1-4H3;2*3H2,1-2H3/b10-9+;;/t21-,22-;;/m1../s1. The maximum absolute atomic E-state index is 5.73. The topological polar surface area (TPSA) is 58.7 Å². The van der Waals surface area contributed by atoms with Gasteiger partial charge in [0.15, 0.2) is 0 Å². The average Bonchev–Trinajstić information content (AvgIpc) is 2.81. The number of ether oxygens (including phenoxy) is 1. The van der Waals surface area contributed by atoms with Crippen molar-refractivity contribution >= 4 is 23.0 Å². The molecule has 196 valence electrons. The van der Waals surface area contributed by atoms with Gasteiger partial charge in [0.2, 0.25) is 5.90 Å². The molecule has 2 rings (SSSR count). The van der Waals surface area contributed by atoms with Crippen molar-refractivity contribution in [2.24, 2.45) is 20.0 Å². The fourth-order valence-corrected chi connectivity index (χ4v) is 3.67. The molecule has 0 aliphatic carbocycles. The van der Waals surface area contributed by atoms with Crippen LogP contribution in [0.5, 0.6) is 0 Å². The van der Waals surface area contributed by atoms with Crippen molar-refractivity contribution in [3.05, 3.63) is 12.2 Å². The summed E-state index contributed by atoms with van der Waals surface area (Å²) in [5, 5.41) is 0. The van der Waals surface area contributed by atoms with Crippen LogP contribution in [-0.4, -0.2) is 54.8 Å². The van der Waals surface area contributed by atoms with Crippen LogP contribution in [0, 0.1) is 0 Å². The van der Waals surface area contributed by atoms with E-state index in [0.717, 1.165) is 63.8 Å². The Hall–Kier alpha value is -1.78. The van der Waals surface area contributed by atoms with Crippen molar-refractivity contribution < 1.29 is 4.74 Å². The smallest absolute Gasteiger partial charge is 0.209 e. The highest BCUT2D eigenvalue weighted by molar-refractivity contribution is 5.99. The lowest BCUT2D eigenvalue weighted by atomic mass is 10.0.